The molecule has 1 aliphatic carbocycles. The third kappa shape index (κ3) is 6.12. The van der Waals surface area contributed by atoms with E-state index in [0.717, 1.165) is 37.5 Å². The molecule has 10 heteroatoms. The highest BCUT2D eigenvalue weighted by atomic mass is 32.2. The molecule has 2 aromatic heterocycles. The summed E-state index contributed by atoms with van der Waals surface area (Å²) in [5.74, 6) is 0.528. The third-order valence-electron chi connectivity index (χ3n) is 7.01. The maximum Gasteiger partial charge on any atom is 0.257 e. The molecule has 0 aliphatic heterocycles. The topological polar surface area (TPSA) is 120 Å². The number of pyridine rings is 1. The third-order valence-corrected chi connectivity index (χ3v) is 8.14. The van der Waals surface area contributed by atoms with E-state index < -0.39 is 15.7 Å². The van der Waals surface area contributed by atoms with Crippen molar-refractivity contribution in [2.45, 2.75) is 50.0 Å². The standard InChI is InChI=1S/C30H30N4O5S/c1-20-7-6-14-31-28(20)21-15-22(17-26(16-21)39-25-10-12-27(13-11-25)40(2,37)38)30(36)32-29-23(19-35)18-34(33-29)24-8-4-3-5-9-24/h6-7,10-19,24H,3-5,8-9H2,1-2H3,(H,32,33,36). The van der Waals surface area contributed by atoms with Gasteiger partial charge in [-0.2, -0.15) is 5.10 Å². The second-order valence-electron chi connectivity index (χ2n) is 10.0. The molecule has 1 amide bonds. The van der Waals surface area contributed by atoms with Gasteiger partial charge >= 0.3 is 0 Å². The van der Waals surface area contributed by atoms with E-state index in [-0.39, 0.29) is 22.3 Å². The first kappa shape index (κ1) is 27.3. The second kappa shape index (κ2) is 11.4. The molecular formula is C30H30N4O5S. The van der Waals surface area contributed by atoms with Crippen LogP contribution >= 0.6 is 0 Å². The summed E-state index contributed by atoms with van der Waals surface area (Å²) >= 11 is 0. The Morgan fingerprint density at radius 2 is 1.80 bits per heavy atom. The zero-order valence-corrected chi connectivity index (χ0v) is 23.1. The van der Waals surface area contributed by atoms with Crippen molar-refractivity contribution in [2.24, 2.45) is 0 Å². The monoisotopic (exact) mass is 558 g/mol. The van der Waals surface area contributed by atoms with Crippen LogP contribution in [0, 0.1) is 6.92 Å². The Morgan fingerprint density at radius 3 is 2.48 bits per heavy atom. The summed E-state index contributed by atoms with van der Waals surface area (Å²) in [4.78, 5) is 29.9. The number of rotatable bonds is 8. The summed E-state index contributed by atoms with van der Waals surface area (Å²) in [5.41, 5.74) is 2.87. The van der Waals surface area contributed by atoms with Crippen molar-refractivity contribution in [1.82, 2.24) is 14.8 Å². The van der Waals surface area contributed by atoms with Gasteiger partial charge in [-0.3, -0.25) is 19.3 Å². The molecule has 1 fully saturated rings. The predicted octanol–water partition coefficient (Wildman–Crippen LogP) is 6.02. The van der Waals surface area contributed by atoms with Crippen LogP contribution < -0.4 is 10.1 Å². The van der Waals surface area contributed by atoms with E-state index in [2.05, 4.69) is 15.4 Å². The average molecular weight is 559 g/mol. The lowest BCUT2D eigenvalue weighted by atomic mass is 9.96. The Kier molecular flexibility index (Phi) is 7.79. The van der Waals surface area contributed by atoms with Crippen LogP contribution in [0.15, 0.2) is 71.9 Å². The number of aldehydes is 1. The number of benzene rings is 2. The minimum Gasteiger partial charge on any atom is -0.457 e. The molecule has 0 radical (unpaired) electrons. The van der Waals surface area contributed by atoms with Gasteiger partial charge in [0.1, 0.15) is 11.5 Å². The van der Waals surface area contributed by atoms with Crippen LogP contribution in [-0.4, -0.2) is 41.6 Å². The van der Waals surface area contributed by atoms with Crippen molar-refractivity contribution in [3.8, 4) is 22.8 Å². The number of carbonyl (C=O) groups is 2. The smallest absolute Gasteiger partial charge is 0.257 e. The maximum atomic E-state index is 13.5. The van der Waals surface area contributed by atoms with E-state index in [0.29, 0.717) is 34.6 Å². The quantitative estimate of drug-likeness (QED) is 0.263. The van der Waals surface area contributed by atoms with E-state index in [4.69, 9.17) is 4.74 Å². The van der Waals surface area contributed by atoms with Gasteiger partial charge in [0.25, 0.3) is 5.91 Å². The van der Waals surface area contributed by atoms with Gasteiger partial charge in [-0.05, 0) is 73.9 Å². The van der Waals surface area contributed by atoms with Gasteiger partial charge in [0, 0.05) is 29.8 Å². The molecule has 1 aliphatic rings. The van der Waals surface area contributed by atoms with Crippen LogP contribution in [0.4, 0.5) is 5.82 Å². The molecular weight excluding hydrogens is 528 g/mol. The van der Waals surface area contributed by atoms with Crippen LogP contribution in [0.25, 0.3) is 11.3 Å². The Morgan fingerprint density at radius 1 is 1.05 bits per heavy atom. The summed E-state index contributed by atoms with van der Waals surface area (Å²) in [7, 11) is -3.35. The molecule has 40 heavy (non-hydrogen) atoms. The Hall–Kier alpha value is -4.31. The van der Waals surface area contributed by atoms with E-state index in [1.807, 2.05) is 19.1 Å². The first-order chi connectivity index (χ1) is 19.2. The van der Waals surface area contributed by atoms with Crippen molar-refractivity contribution in [1.29, 1.82) is 0 Å². The predicted molar refractivity (Wildman–Crippen MR) is 152 cm³/mol. The lowest BCUT2D eigenvalue weighted by Crippen LogP contribution is -2.16. The highest BCUT2D eigenvalue weighted by Gasteiger charge is 2.21. The summed E-state index contributed by atoms with van der Waals surface area (Å²) in [6.07, 6.45) is 10.6. The van der Waals surface area contributed by atoms with Gasteiger partial charge in [0.05, 0.1) is 22.2 Å². The number of amides is 1. The van der Waals surface area contributed by atoms with Crippen LogP contribution in [0.2, 0.25) is 0 Å². The van der Waals surface area contributed by atoms with Gasteiger partial charge in [-0.25, -0.2) is 8.42 Å². The van der Waals surface area contributed by atoms with Gasteiger partial charge in [-0.1, -0.05) is 25.3 Å². The number of ether oxygens (including phenoxy) is 1. The molecule has 2 heterocycles. The Bertz CT molecular complexity index is 1660. The maximum absolute atomic E-state index is 13.5. The molecule has 0 unspecified atom stereocenters. The van der Waals surface area contributed by atoms with E-state index in [1.165, 1.54) is 18.6 Å². The van der Waals surface area contributed by atoms with Gasteiger partial charge in [0.15, 0.2) is 21.9 Å². The SMILES string of the molecule is Cc1cccnc1-c1cc(Oc2ccc(S(C)(=O)=O)cc2)cc(C(=O)Nc2nn(C3CCCCC3)cc2C=O)c1. The Labute approximate surface area is 233 Å². The molecule has 5 rings (SSSR count). The van der Waals surface area contributed by atoms with Gasteiger partial charge in [-0.15, -0.1) is 0 Å². The number of aromatic nitrogens is 3. The van der Waals surface area contributed by atoms with E-state index >= 15 is 0 Å². The molecule has 0 bridgehead atoms. The fourth-order valence-electron chi connectivity index (χ4n) is 4.91. The lowest BCUT2D eigenvalue weighted by molar-refractivity contribution is 0.102. The number of carbonyl (C=O) groups excluding carboxylic acids is 2. The number of nitrogens with zero attached hydrogens (tertiary/aromatic N) is 3. The van der Waals surface area contributed by atoms with Gasteiger partial charge in [0.2, 0.25) is 0 Å². The molecule has 0 atom stereocenters. The molecule has 4 aromatic rings. The fraction of sp³-hybridized carbons (Fsp3) is 0.267. The highest BCUT2D eigenvalue weighted by Crippen LogP contribution is 2.32. The summed E-state index contributed by atoms with van der Waals surface area (Å²) < 4.78 is 31.5. The Balaban J connectivity index is 1.47. The zero-order valence-electron chi connectivity index (χ0n) is 22.3. The summed E-state index contributed by atoms with van der Waals surface area (Å²) in [6.45, 7) is 1.92. The molecule has 9 nitrogen and oxygen atoms in total. The number of anilines is 1. The van der Waals surface area contributed by atoms with E-state index in [9.17, 15) is 18.0 Å². The number of aryl methyl sites for hydroxylation is 1. The van der Waals surface area contributed by atoms with Crippen molar-refractivity contribution < 1.29 is 22.7 Å². The van der Waals surface area contributed by atoms with Crippen LogP contribution in [0.1, 0.15) is 64.4 Å². The molecule has 0 spiro atoms. The average Bonchev–Trinajstić information content (AvgIpc) is 3.36. The van der Waals surface area contributed by atoms with Crippen molar-refractivity contribution in [3.05, 3.63) is 83.7 Å². The molecule has 0 saturated heterocycles. The number of hydrogen-bond donors (Lipinski definition) is 1. The van der Waals surface area contributed by atoms with Crippen LogP contribution in [-0.2, 0) is 9.84 Å². The molecule has 1 N–H and O–H groups in total. The van der Waals surface area contributed by atoms with Crippen molar-refractivity contribution >= 4 is 27.8 Å². The fourth-order valence-corrected chi connectivity index (χ4v) is 5.54. The molecule has 1 saturated carbocycles. The highest BCUT2D eigenvalue weighted by molar-refractivity contribution is 7.90. The summed E-state index contributed by atoms with van der Waals surface area (Å²) in [5, 5.41) is 7.34. The van der Waals surface area contributed by atoms with Crippen LogP contribution in [0.3, 0.4) is 0 Å². The number of hydrogen-bond acceptors (Lipinski definition) is 7. The minimum atomic E-state index is -3.35. The summed E-state index contributed by atoms with van der Waals surface area (Å²) in [6, 6.07) is 15.1. The zero-order chi connectivity index (χ0) is 28.3. The lowest BCUT2D eigenvalue weighted by Gasteiger charge is -2.21. The molecule has 2 aromatic carbocycles. The number of nitrogens with one attached hydrogen (secondary N) is 1. The van der Waals surface area contributed by atoms with Crippen molar-refractivity contribution in [3.63, 3.8) is 0 Å². The first-order valence-electron chi connectivity index (χ1n) is 13.1. The van der Waals surface area contributed by atoms with Crippen LogP contribution in [0.5, 0.6) is 11.5 Å². The van der Waals surface area contributed by atoms with Gasteiger partial charge < -0.3 is 10.1 Å². The normalized spacial score (nSPS) is 14.1. The van der Waals surface area contributed by atoms with Crippen molar-refractivity contribution in [2.75, 3.05) is 11.6 Å². The first-order valence-corrected chi connectivity index (χ1v) is 15.0. The van der Waals surface area contributed by atoms with E-state index in [1.54, 1.807) is 47.4 Å². The second-order valence-corrected chi connectivity index (χ2v) is 12.1. The minimum absolute atomic E-state index is 0.177. The largest absolute Gasteiger partial charge is 0.457 e. The molecule has 206 valence electrons. The number of sulfone groups is 1.